The second-order valence-electron chi connectivity index (χ2n) is 11.8. The van der Waals surface area contributed by atoms with Gasteiger partial charge in [0.1, 0.15) is 5.54 Å². The number of benzene rings is 4. The molecule has 0 radical (unpaired) electrons. The maximum Gasteiger partial charge on any atom is 0.167 e. The van der Waals surface area contributed by atoms with E-state index in [0.717, 1.165) is 24.5 Å². The van der Waals surface area contributed by atoms with Crippen molar-refractivity contribution in [1.29, 1.82) is 0 Å². The van der Waals surface area contributed by atoms with Crippen LogP contribution in [0.3, 0.4) is 0 Å². The molecule has 3 N–H and O–H groups in total. The molecular weight excluding hydrogens is 549 g/mol. The van der Waals surface area contributed by atoms with Gasteiger partial charge in [-0.15, -0.1) is 0 Å². The average Bonchev–Trinajstić information content (AvgIpc) is 3.76. The topological polar surface area (TPSA) is 36.1 Å². The molecule has 1 aliphatic carbocycles. The molecule has 4 aromatic carbocycles. The van der Waals surface area contributed by atoms with Gasteiger partial charge in [-0.2, -0.15) is 0 Å². The Labute approximate surface area is 258 Å². The Morgan fingerprint density at radius 2 is 1.26 bits per heavy atom. The summed E-state index contributed by atoms with van der Waals surface area (Å²) in [5.41, 5.74) is 2.63. The lowest BCUT2D eigenvalue weighted by atomic mass is 9.76. The van der Waals surface area contributed by atoms with Crippen molar-refractivity contribution in [3.05, 3.63) is 132 Å². The Morgan fingerprint density at radius 1 is 0.738 bits per heavy atom. The van der Waals surface area contributed by atoms with Gasteiger partial charge in [-0.25, -0.2) is 0 Å². The molecule has 1 aliphatic heterocycles. The molecule has 42 heavy (non-hydrogen) atoms. The number of hydrogen-bond donors (Lipinski definition) is 3. The van der Waals surface area contributed by atoms with Gasteiger partial charge in [0.05, 0.1) is 0 Å². The zero-order valence-electron chi connectivity index (χ0n) is 24.5. The molecule has 1 saturated carbocycles. The Morgan fingerprint density at radius 3 is 1.76 bits per heavy atom. The molecule has 0 bridgehead atoms. The summed E-state index contributed by atoms with van der Waals surface area (Å²) in [6.45, 7) is 3.37. The quantitative estimate of drug-likeness (QED) is 0.147. The predicted octanol–water partition coefficient (Wildman–Crippen LogP) is 6.84. The lowest BCUT2D eigenvalue weighted by Crippen LogP contribution is -2.61. The first kappa shape index (κ1) is 29.1. The number of rotatable bonds is 9. The van der Waals surface area contributed by atoms with Crippen LogP contribution in [-0.4, -0.2) is 29.4 Å². The SMILES string of the molecule is C[C@@H](NC(=S)NC(c1ccccc1)(c1ccccc1)C1CCCN1)[C@@H]1CCCC1P(c1ccccc1)c1ccccc1. The largest absolute Gasteiger partial charge is 0.360 e. The Kier molecular flexibility index (Phi) is 9.34. The van der Waals surface area contributed by atoms with Crippen LogP contribution in [0.2, 0.25) is 0 Å². The summed E-state index contributed by atoms with van der Waals surface area (Å²) in [5, 5.41) is 15.3. The van der Waals surface area contributed by atoms with E-state index in [2.05, 4.69) is 144 Å². The fraction of sp³-hybridized carbons (Fsp3) is 0.324. The monoisotopic (exact) mass is 591 g/mol. The highest BCUT2D eigenvalue weighted by Gasteiger charge is 2.45. The molecule has 4 aromatic rings. The van der Waals surface area contributed by atoms with Gasteiger partial charge in [-0.3, -0.25) is 0 Å². The van der Waals surface area contributed by atoms with Crippen LogP contribution in [-0.2, 0) is 5.54 Å². The molecule has 6 rings (SSSR count). The van der Waals surface area contributed by atoms with Crippen molar-refractivity contribution in [3.63, 3.8) is 0 Å². The van der Waals surface area contributed by atoms with Crippen LogP contribution in [0, 0.1) is 5.92 Å². The van der Waals surface area contributed by atoms with Gasteiger partial charge in [0, 0.05) is 12.1 Å². The number of nitrogens with one attached hydrogen (secondary N) is 3. The summed E-state index contributed by atoms with van der Waals surface area (Å²) < 4.78 is 0. The first-order valence-corrected chi connectivity index (χ1v) is 17.3. The highest BCUT2D eigenvalue weighted by molar-refractivity contribution is 7.80. The van der Waals surface area contributed by atoms with E-state index < -0.39 is 13.5 Å². The molecule has 1 heterocycles. The van der Waals surface area contributed by atoms with Gasteiger partial charge < -0.3 is 16.0 Å². The van der Waals surface area contributed by atoms with Gasteiger partial charge in [0.2, 0.25) is 0 Å². The molecule has 1 saturated heterocycles. The van der Waals surface area contributed by atoms with Crippen LogP contribution < -0.4 is 26.6 Å². The molecule has 5 heteroatoms. The van der Waals surface area contributed by atoms with Crippen LogP contribution in [0.4, 0.5) is 0 Å². The van der Waals surface area contributed by atoms with E-state index in [4.69, 9.17) is 12.2 Å². The minimum Gasteiger partial charge on any atom is -0.360 e. The van der Waals surface area contributed by atoms with E-state index in [-0.39, 0.29) is 12.1 Å². The van der Waals surface area contributed by atoms with Gasteiger partial charge >= 0.3 is 0 Å². The van der Waals surface area contributed by atoms with E-state index in [1.165, 1.54) is 41.0 Å². The van der Waals surface area contributed by atoms with Crippen LogP contribution >= 0.6 is 20.1 Å². The molecule has 0 aromatic heterocycles. The normalized spacial score (nSPS) is 21.2. The van der Waals surface area contributed by atoms with Crippen molar-refractivity contribution in [2.75, 3.05) is 6.54 Å². The van der Waals surface area contributed by atoms with E-state index in [1.807, 2.05) is 0 Å². The Balaban J connectivity index is 1.28. The third-order valence-corrected chi connectivity index (χ3v) is 12.5. The van der Waals surface area contributed by atoms with Gasteiger partial charge in [0.15, 0.2) is 5.11 Å². The van der Waals surface area contributed by atoms with Gasteiger partial charge in [0.25, 0.3) is 0 Å². The Bertz CT molecular complexity index is 1330. The van der Waals surface area contributed by atoms with E-state index in [1.54, 1.807) is 0 Å². The van der Waals surface area contributed by atoms with E-state index in [9.17, 15) is 0 Å². The molecule has 2 fully saturated rings. The Hall–Kier alpha value is -3.04. The first-order chi connectivity index (χ1) is 20.7. The van der Waals surface area contributed by atoms with Crippen molar-refractivity contribution in [1.82, 2.24) is 16.0 Å². The fourth-order valence-electron chi connectivity index (χ4n) is 7.37. The van der Waals surface area contributed by atoms with Crippen LogP contribution in [0.15, 0.2) is 121 Å². The van der Waals surface area contributed by atoms with E-state index >= 15 is 0 Å². The molecule has 2 unspecified atom stereocenters. The predicted molar refractivity (Wildman–Crippen MR) is 183 cm³/mol. The van der Waals surface area contributed by atoms with Crippen LogP contribution in [0.25, 0.3) is 0 Å². The van der Waals surface area contributed by atoms with Crippen molar-refractivity contribution in [2.24, 2.45) is 5.92 Å². The third kappa shape index (κ3) is 6.04. The molecule has 216 valence electrons. The number of thiocarbonyl (C=S) groups is 1. The lowest BCUT2D eigenvalue weighted by Gasteiger charge is -2.43. The van der Waals surface area contributed by atoms with Gasteiger partial charge in [-0.1, -0.05) is 128 Å². The second-order valence-corrected chi connectivity index (χ2v) is 14.6. The zero-order valence-corrected chi connectivity index (χ0v) is 26.2. The zero-order chi connectivity index (χ0) is 28.8. The van der Waals surface area contributed by atoms with Crippen LogP contribution in [0.1, 0.15) is 50.2 Å². The number of hydrogen-bond acceptors (Lipinski definition) is 2. The molecule has 0 spiro atoms. The summed E-state index contributed by atoms with van der Waals surface area (Å²) in [7, 11) is -0.469. The summed E-state index contributed by atoms with van der Waals surface area (Å²) in [6, 6.07) is 44.6. The first-order valence-electron chi connectivity index (χ1n) is 15.5. The van der Waals surface area contributed by atoms with Gasteiger partial charge in [-0.05, 0) is 92.6 Å². The standard InChI is InChI=1S/C37H42N3PS/c1-28(33-24-14-25-34(33)41(31-20-10-4-11-21-31)32-22-12-5-13-23-32)39-36(42)40-37(35-26-15-27-38-35,29-16-6-2-7-17-29)30-18-8-3-9-19-30/h2-13,16-23,28,33-35,38H,14-15,24-27H2,1H3,(H2,39,40,42)/t28-,33+,34?,35?/m1/s1. The molecular formula is C37H42N3PS. The summed E-state index contributed by atoms with van der Waals surface area (Å²) >= 11 is 6.20. The van der Waals surface area contributed by atoms with Crippen molar-refractivity contribution in [2.45, 2.75) is 62.3 Å². The summed E-state index contributed by atoms with van der Waals surface area (Å²) in [4.78, 5) is 0. The van der Waals surface area contributed by atoms with Crippen molar-refractivity contribution in [3.8, 4) is 0 Å². The van der Waals surface area contributed by atoms with Crippen molar-refractivity contribution >= 4 is 35.9 Å². The molecule has 3 nitrogen and oxygen atoms in total. The van der Waals surface area contributed by atoms with E-state index in [0.29, 0.717) is 11.6 Å². The highest BCUT2D eigenvalue weighted by Crippen LogP contribution is 2.51. The molecule has 4 atom stereocenters. The fourth-order valence-corrected chi connectivity index (χ4v) is 11.0. The maximum atomic E-state index is 6.20. The minimum absolute atomic E-state index is 0.237. The highest BCUT2D eigenvalue weighted by atomic mass is 32.1. The third-order valence-electron chi connectivity index (χ3n) is 9.28. The van der Waals surface area contributed by atoms with Crippen LogP contribution in [0.5, 0.6) is 0 Å². The average molecular weight is 592 g/mol. The maximum absolute atomic E-state index is 6.20. The summed E-state index contributed by atoms with van der Waals surface area (Å²) in [5.74, 6) is 0.545. The smallest absolute Gasteiger partial charge is 0.167 e. The molecule has 2 aliphatic rings. The second kappa shape index (κ2) is 13.5. The lowest BCUT2D eigenvalue weighted by molar-refractivity contribution is 0.343. The minimum atomic E-state index is -0.469. The summed E-state index contributed by atoms with van der Waals surface area (Å²) in [6.07, 6.45) is 6.02. The van der Waals surface area contributed by atoms with Crippen molar-refractivity contribution < 1.29 is 0 Å². The molecule has 0 amide bonds.